The molecule has 47 valence electrons. The van der Waals surface area contributed by atoms with Gasteiger partial charge in [0.25, 0.3) is 0 Å². The summed E-state index contributed by atoms with van der Waals surface area (Å²) in [5.41, 5.74) is 0. The summed E-state index contributed by atoms with van der Waals surface area (Å²) in [6.07, 6.45) is 0.403. The molecule has 1 heterocycles. The van der Waals surface area contributed by atoms with Crippen LogP contribution in [-0.4, -0.2) is 28.2 Å². The Labute approximate surface area is 52.9 Å². The third-order valence-electron chi connectivity index (χ3n) is 1.22. The van der Waals surface area contributed by atoms with Crippen LogP contribution in [0.3, 0.4) is 0 Å². The molecule has 1 saturated heterocycles. The van der Waals surface area contributed by atoms with E-state index in [0.29, 0.717) is 0 Å². The van der Waals surface area contributed by atoms with Crippen molar-refractivity contribution in [2.24, 2.45) is 0 Å². The molecule has 3 heteroatoms. The average molecular weight is 133 g/mol. The van der Waals surface area contributed by atoms with Gasteiger partial charge in [0.2, 0.25) is 0 Å². The van der Waals surface area contributed by atoms with Crippen LogP contribution in [-0.2, 0) is 0 Å². The monoisotopic (exact) mass is 133 g/mol. The van der Waals surface area contributed by atoms with Crippen molar-refractivity contribution in [2.75, 3.05) is 6.61 Å². The van der Waals surface area contributed by atoms with Gasteiger partial charge in [-0.25, -0.2) is 0 Å². The van der Waals surface area contributed by atoms with Crippen molar-refractivity contribution in [3.8, 4) is 0 Å². The highest BCUT2D eigenvalue weighted by Gasteiger charge is 2.24. The molecule has 1 rings (SSSR count). The van der Waals surface area contributed by atoms with E-state index in [1.54, 1.807) is 0 Å². The first kappa shape index (κ1) is 6.39. The highest BCUT2D eigenvalue weighted by atomic mass is 32.2. The van der Waals surface area contributed by atoms with Gasteiger partial charge < -0.3 is 10.2 Å². The Kier molecular flexibility index (Phi) is 2.16. The van der Waals surface area contributed by atoms with Gasteiger partial charge in [-0.1, -0.05) is 0 Å². The van der Waals surface area contributed by atoms with Gasteiger partial charge in [-0.15, -0.1) is 11.8 Å². The van der Waals surface area contributed by atoms with Crippen molar-refractivity contribution in [2.45, 2.75) is 17.8 Å². The van der Waals surface area contributed by atoms with E-state index in [1.165, 1.54) is 11.8 Å². The zero-order valence-corrected chi connectivity index (χ0v) is 5.27. The van der Waals surface area contributed by atoms with Crippen LogP contribution in [0.25, 0.3) is 0 Å². The Morgan fingerprint density at radius 2 is 2.50 bits per heavy atom. The number of hydrogen-bond acceptors (Lipinski definition) is 3. The van der Waals surface area contributed by atoms with Gasteiger partial charge >= 0.3 is 0 Å². The van der Waals surface area contributed by atoms with Gasteiger partial charge in [0.05, 0.1) is 18.0 Å². The predicted molar refractivity (Wildman–Crippen MR) is 33.4 cm³/mol. The molecule has 0 aromatic heterocycles. The molecule has 0 bridgehead atoms. The van der Waals surface area contributed by atoms with Gasteiger partial charge in [-0.3, -0.25) is 0 Å². The van der Waals surface area contributed by atoms with Crippen LogP contribution in [0.1, 0.15) is 6.42 Å². The Bertz CT molecular complexity index is 76.8. The van der Waals surface area contributed by atoms with E-state index in [0.717, 1.165) is 6.42 Å². The van der Waals surface area contributed by atoms with E-state index in [4.69, 9.17) is 10.2 Å². The molecular formula is C5H9O2S. The lowest BCUT2D eigenvalue weighted by molar-refractivity contribution is 0.147. The summed E-state index contributed by atoms with van der Waals surface area (Å²) in [4.78, 5) is 0. The summed E-state index contributed by atoms with van der Waals surface area (Å²) in [7, 11) is 0. The van der Waals surface area contributed by atoms with Crippen LogP contribution in [0.2, 0.25) is 0 Å². The molecule has 0 amide bonds. The van der Waals surface area contributed by atoms with Gasteiger partial charge in [0.15, 0.2) is 0 Å². The van der Waals surface area contributed by atoms with Crippen molar-refractivity contribution < 1.29 is 10.2 Å². The van der Waals surface area contributed by atoms with E-state index in [2.05, 4.69) is 0 Å². The number of aliphatic hydroxyl groups is 2. The Hall–Kier alpha value is 0.270. The van der Waals surface area contributed by atoms with Crippen molar-refractivity contribution in [1.29, 1.82) is 0 Å². The molecule has 0 aliphatic carbocycles. The predicted octanol–water partition coefficient (Wildman–Crippen LogP) is 0.00689. The molecule has 1 fully saturated rings. The lowest BCUT2D eigenvalue weighted by Gasteiger charge is -2.07. The molecule has 0 spiro atoms. The summed E-state index contributed by atoms with van der Waals surface area (Å²) in [6, 6.07) is 0. The molecule has 8 heavy (non-hydrogen) atoms. The molecule has 0 aromatic carbocycles. The van der Waals surface area contributed by atoms with Crippen molar-refractivity contribution in [3.05, 3.63) is 5.75 Å². The minimum Gasteiger partial charge on any atom is -0.395 e. The van der Waals surface area contributed by atoms with Gasteiger partial charge in [-0.2, -0.15) is 0 Å². The van der Waals surface area contributed by atoms with Crippen molar-refractivity contribution in [3.63, 3.8) is 0 Å². The molecule has 1 radical (unpaired) electrons. The third-order valence-corrected chi connectivity index (χ3v) is 2.42. The molecule has 0 aromatic rings. The summed E-state index contributed by atoms with van der Waals surface area (Å²) in [6.45, 7) is 0.0856. The van der Waals surface area contributed by atoms with Crippen LogP contribution in [0, 0.1) is 5.75 Å². The second kappa shape index (κ2) is 2.71. The lowest BCUT2D eigenvalue weighted by atomic mass is 10.2. The number of thioether (sulfide) groups is 1. The van der Waals surface area contributed by atoms with Crippen LogP contribution in [0.4, 0.5) is 0 Å². The smallest absolute Gasteiger partial charge is 0.0692 e. The fraction of sp³-hybridized carbons (Fsp3) is 0.800. The first-order valence-corrected chi connectivity index (χ1v) is 3.55. The van der Waals surface area contributed by atoms with E-state index in [1.807, 2.05) is 5.75 Å². The fourth-order valence-electron chi connectivity index (χ4n) is 0.685. The molecule has 1 aliphatic heterocycles. The third kappa shape index (κ3) is 1.16. The Morgan fingerprint density at radius 3 is 2.75 bits per heavy atom. The fourth-order valence-corrected chi connectivity index (χ4v) is 1.62. The van der Waals surface area contributed by atoms with Crippen LogP contribution in [0.15, 0.2) is 0 Å². The second-order valence-electron chi connectivity index (χ2n) is 1.83. The minimum atomic E-state index is -0.315. The van der Waals surface area contributed by atoms with E-state index < -0.39 is 0 Å². The van der Waals surface area contributed by atoms with Crippen LogP contribution >= 0.6 is 11.8 Å². The van der Waals surface area contributed by atoms with Gasteiger partial charge in [0, 0.05) is 5.75 Å². The first-order chi connectivity index (χ1) is 3.84. The Morgan fingerprint density at radius 1 is 1.75 bits per heavy atom. The highest BCUT2D eigenvalue weighted by molar-refractivity contribution is 8.02. The molecule has 2 atom stereocenters. The summed E-state index contributed by atoms with van der Waals surface area (Å²) in [5, 5.41) is 17.5. The quantitative estimate of drug-likeness (QED) is 0.529. The number of rotatable bonds is 1. The molecule has 0 saturated carbocycles. The van der Waals surface area contributed by atoms with Gasteiger partial charge in [0.1, 0.15) is 0 Å². The lowest BCUT2D eigenvalue weighted by Crippen LogP contribution is -2.20. The molecule has 1 aliphatic rings. The number of aliphatic hydroxyl groups excluding tert-OH is 2. The topological polar surface area (TPSA) is 40.5 Å². The maximum atomic E-state index is 8.98. The van der Waals surface area contributed by atoms with Crippen molar-refractivity contribution in [1.82, 2.24) is 0 Å². The van der Waals surface area contributed by atoms with Crippen LogP contribution < -0.4 is 0 Å². The summed E-state index contributed by atoms with van der Waals surface area (Å²) < 4.78 is 0. The summed E-state index contributed by atoms with van der Waals surface area (Å²) in [5.74, 6) is 1.94. The minimum absolute atomic E-state index is 0.0370. The largest absolute Gasteiger partial charge is 0.395 e. The van der Waals surface area contributed by atoms with E-state index in [9.17, 15) is 0 Å². The second-order valence-corrected chi connectivity index (χ2v) is 3.04. The SMILES string of the molecule is OC[C@H]1S[CH]C[C@H]1O. The van der Waals surface area contributed by atoms with Crippen molar-refractivity contribution >= 4 is 11.8 Å². The van der Waals surface area contributed by atoms with E-state index in [-0.39, 0.29) is 18.0 Å². The zero-order valence-electron chi connectivity index (χ0n) is 4.45. The highest BCUT2D eigenvalue weighted by Crippen LogP contribution is 2.29. The first-order valence-electron chi connectivity index (χ1n) is 2.60. The maximum Gasteiger partial charge on any atom is 0.0692 e. The summed E-state index contributed by atoms with van der Waals surface area (Å²) >= 11 is 1.53. The van der Waals surface area contributed by atoms with Gasteiger partial charge in [-0.05, 0) is 6.42 Å². The average Bonchev–Trinajstić information content (AvgIpc) is 2.14. The molecule has 0 unspecified atom stereocenters. The molecular weight excluding hydrogens is 124 g/mol. The molecule has 2 nitrogen and oxygen atoms in total. The van der Waals surface area contributed by atoms with Crippen LogP contribution in [0.5, 0.6) is 0 Å². The maximum absolute atomic E-state index is 8.98. The Balaban J connectivity index is 2.30. The standard InChI is InChI=1S/C5H9O2S/c6-3-5-4(7)1-2-8-5/h2,4-7H,1,3H2/t4-,5-/m1/s1. The normalized spacial score (nSPS) is 38.2. The molecule has 2 N–H and O–H groups in total. The number of hydrogen-bond donors (Lipinski definition) is 2. The zero-order chi connectivity index (χ0) is 5.98. The van der Waals surface area contributed by atoms with E-state index >= 15 is 0 Å².